The zero-order chi connectivity index (χ0) is 16.3. The number of piperazine rings is 1. The van der Waals surface area contributed by atoms with Gasteiger partial charge in [-0.05, 0) is 38.1 Å². The van der Waals surface area contributed by atoms with Gasteiger partial charge in [0.05, 0.1) is 5.56 Å². The molecule has 7 heteroatoms. The van der Waals surface area contributed by atoms with Crippen LogP contribution in [0.15, 0.2) is 12.1 Å². The Balaban J connectivity index is 1.92. The minimum absolute atomic E-state index is 0.000345. The molecule has 0 spiro atoms. The molecule has 0 radical (unpaired) electrons. The molecule has 0 amide bonds. The first kappa shape index (κ1) is 17.1. The number of alkyl halides is 3. The number of halogens is 5. The number of hydrogen-bond acceptors (Lipinski definition) is 2. The SMILES string of the molecule is CN1CCN(CCCc2ccc(C(F)(F)F)c(F)c2F)CC1. The summed E-state index contributed by atoms with van der Waals surface area (Å²) in [5.74, 6) is -3.18. The fourth-order valence-electron chi connectivity index (χ4n) is 2.57. The van der Waals surface area contributed by atoms with Crippen LogP contribution in [0.2, 0.25) is 0 Å². The van der Waals surface area contributed by atoms with Gasteiger partial charge in [0.25, 0.3) is 0 Å². The van der Waals surface area contributed by atoms with Crippen LogP contribution in [0.3, 0.4) is 0 Å². The van der Waals surface area contributed by atoms with E-state index >= 15 is 0 Å². The van der Waals surface area contributed by atoms with Crippen molar-refractivity contribution >= 4 is 0 Å². The number of benzene rings is 1. The summed E-state index contributed by atoms with van der Waals surface area (Å²) in [6.07, 6.45) is -4.05. The average molecular weight is 322 g/mol. The van der Waals surface area contributed by atoms with Gasteiger partial charge in [-0.1, -0.05) is 6.07 Å². The molecule has 0 saturated carbocycles. The maximum absolute atomic E-state index is 13.7. The Morgan fingerprint density at radius 2 is 1.64 bits per heavy atom. The lowest BCUT2D eigenvalue weighted by molar-refractivity contribution is -0.140. The summed E-state index contributed by atoms with van der Waals surface area (Å²) in [5.41, 5.74) is -1.55. The number of nitrogens with zero attached hydrogens (tertiary/aromatic N) is 2. The fraction of sp³-hybridized carbons (Fsp3) is 0.600. The first-order chi connectivity index (χ1) is 10.3. The number of rotatable bonds is 4. The van der Waals surface area contributed by atoms with E-state index in [0.717, 1.165) is 38.8 Å². The van der Waals surface area contributed by atoms with Crippen molar-refractivity contribution < 1.29 is 22.0 Å². The molecule has 0 atom stereocenters. The summed E-state index contributed by atoms with van der Waals surface area (Å²) in [6, 6.07) is 1.65. The molecule has 1 heterocycles. The molecule has 2 nitrogen and oxygen atoms in total. The first-order valence-corrected chi connectivity index (χ1v) is 7.24. The van der Waals surface area contributed by atoms with Crippen LogP contribution in [-0.4, -0.2) is 49.6 Å². The topological polar surface area (TPSA) is 6.48 Å². The number of hydrogen-bond donors (Lipinski definition) is 0. The van der Waals surface area contributed by atoms with Crippen LogP contribution in [-0.2, 0) is 12.6 Å². The van der Waals surface area contributed by atoms with Crippen molar-refractivity contribution in [2.45, 2.75) is 19.0 Å². The van der Waals surface area contributed by atoms with Gasteiger partial charge in [-0.2, -0.15) is 13.2 Å². The van der Waals surface area contributed by atoms with Crippen molar-refractivity contribution in [3.63, 3.8) is 0 Å². The Hall–Kier alpha value is -1.21. The van der Waals surface area contributed by atoms with E-state index in [4.69, 9.17) is 0 Å². The van der Waals surface area contributed by atoms with E-state index in [2.05, 4.69) is 9.80 Å². The van der Waals surface area contributed by atoms with Crippen LogP contribution in [0.1, 0.15) is 17.5 Å². The summed E-state index contributed by atoms with van der Waals surface area (Å²) in [6.45, 7) is 4.49. The van der Waals surface area contributed by atoms with Gasteiger partial charge in [-0.25, -0.2) is 8.78 Å². The molecule has 1 fully saturated rings. The molecule has 0 aliphatic carbocycles. The average Bonchev–Trinajstić information content (AvgIpc) is 2.44. The molecule has 1 aromatic rings. The third kappa shape index (κ3) is 4.16. The van der Waals surface area contributed by atoms with Gasteiger partial charge < -0.3 is 9.80 Å². The van der Waals surface area contributed by atoms with Crippen LogP contribution >= 0.6 is 0 Å². The number of aryl methyl sites for hydroxylation is 1. The Kier molecular flexibility index (Phi) is 5.39. The molecule has 0 bridgehead atoms. The van der Waals surface area contributed by atoms with E-state index in [9.17, 15) is 22.0 Å². The highest BCUT2D eigenvalue weighted by Crippen LogP contribution is 2.33. The van der Waals surface area contributed by atoms with E-state index in [0.29, 0.717) is 12.5 Å². The van der Waals surface area contributed by atoms with E-state index < -0.39 is 23.4 Å². The van der Waals surface area contributed by atoms with Crippen molar-refractivity contribution in [3.05, 3.63) is 34.9 Å². The van der Waals surface area contributed by atoms with Crippen molar-refractivity contribution in [1.29, 1.82) is 0 Å². The molecule has 124 valence electrons. The third-order valence-electron chi connectivity index (χ3n) is 3.98. The van der Waals surface area contributed by atoms with E-state index in [1.807, 2.05) is 7.05 Å². The molecule has 0 aromatic heterocycles. The molecule has 0 N–H and O–H groups in total. The second-order valence-electron chi connectivity index (χ2n) is 5.65. The monoisotopic (exact) mass is 322 g/mol. The van der Waals surface area contributed by atoms with E-state index in [1.54, 1.807) is 0 Å². The quantitative estimate of drug-likeness (QED) is 0.786. The predicted octanol–water partition coefficient (Wildman–Crippen LogP) is 3.16. The Morgan fingerprint density at radius 3 is 2.23 bits per heavy atom. The lowest BCUT2D eigenvalue weighted by atomic mass is 10.0. The highest BCUT2D eigenvalue weighted by atomic mass is 19.4. The van der Waals surface area contributed by atoms with Crippen LogP contribution in [0.5, 0.6) is 0 Å². The molecule has 1 aliphatic rings. The van der Waals surface area contributed by atoms with Gasteiger partial charge in [-0.3, -0.25) is 0 Å². The lowest BCUT2D eigenvalue weighted by Crippen LogP contribution is -2.44. The Bertz CT molecular complexity index is 507. The number of likely N-dealkylation sites (N-methyl/N-ethyl adjacent to an activating group) is 1. The fourth-order valence-corrected chi connectivity index (χ4v) is 2.57. The van der Waals surface area contributed by atoms with Crippen LogP contribution in [0.25, 0.3) is 0 Å². The lowest BCUT2D eigenvalue weighted by Gasteiger charge is -2.32. The second-order valence-corrected chi connectivity index (χ2v) is 5.65. The van der Waals surface area contributed by atoms with E-state index in [1.165, 1.54) is 0 Å². The summed E-state index contributed by atoms with van der Waals surface area (Å²) in [4.78, 5) is 4.43. The molecular weight excluding hydrogens is 303 g/mol. The highest BCUT2D eigenvalue weighted by Gasteiger charge is 2.35. The molecule has 2 rings (SSSR count). The molecular formula is C15H19F5N2. The maximum atomic E-state index is 13.7. The first-order valence-electron chi connectivity index (χ1n) is 7.24. The zero-order valence-electron chi connectivity index (χ0n) is 12.4. The zero-order valence-corrected chi connectivity index (χ0v) is 12.4. The molecule has 0 unspecified atom stereocenters. The van der Waals surface area contributed by atoms with Crippen LogP contribution in [0, 0.1) is 11.6 Å². The van der Waals surface area contributed by atoms with Gasteiger partial charge in [0.15, 0.2) is 11.6 Å². The maximum Gasteiger partial charge on any atom is 0.419 e. The van der Waals surface area contributed by atoms with Gasteiger partial charge in [-0.15, -0.1) is 0 Å². The normalized spacial score (nSPS) is 17.9. The van der Waals surface area contributed by atoms with E-state index in [-0.39, 0.29) is 12.0 Å². The minimum atomic E-state index is -4.87. The largest absolute Gasteiger partial charge is 0.419 e. The van der Waals surface area contributed by atoms with Crippen molar-refractivity contribution in [2.75, 3.05) is 39.8 Å². The van der Waals surface area contributed by atoms with Crippen molar-refractivity contribution in [1.82, 2.24) is 9.80 Å². The standard InChI is InChI=1S/C15H19F5N2/c1-21-7-9-22(10-8-21)6-2-3-11-4-5-12(15(18,19)20)14(17)13(11)16/h4-5H,2-3,6-10H2,1H3. The summed E-state index contributed by atoms with van der Waals surface area (Å²) < 4.78 is 64.6. The predicted molar refractivity (Wildman–Crippen MR) is 73.6 cm³/mol. The smallest absolute Gasteiger partial charge is 0.304 e. The Morgan fingerprint density at radius 1 is 1.00 bits per heavy atom. The molecule has 1 aliphatic heterocycles. The summed E-state index contributed by atoms with van der Waals surface area (Å²) in [7, 11) is 2.04. The summed E-state index contributed by atoms with van der Waals surface area (Å²) >= 11 is 0. The second kappa shape index (κ2) is 6.91. The van der Waals surface area contributed by atoms with Gasteiger partial charge in [0, 0.05) is 26.2 Å². The highest BCUT2D eigenvalue weighted by molar-refractivity contribution is 5.28. The van der Waals surface area contributed by atoms with Crippen molar-refractivity contribution in [2.24, 2.45) is 0 Å². The third-order valence-corrected chi connectivity index (χ3v) is 3.98. The van der Waals surface area contributed by atoms with Crippen molar-refractivity contribution in [3.8, 4) is 0 Å². The van der Waals surface area contributed by atoms with Crippen LogP contribution in [0.4, 0.5) is 22.0 Å². The van der Waals surface area contributed by atoms with Crippen LogP contribution < -0.4 is 0 Å². The minimum Gasteiger partial charge on any atom is -0.304 e. The Labute approximate surface area is 126 Å². The van der Waals surface area contributed by atoms with Gasteiger partial charge >= 0.3 is 6.18 Å². The van der Waals surface area contributed by atoms with Gasteiger partial charge in [0.1, 0.15) is 0 Å². The van der Waals surface area contributed by atoms with Gasteiger partial charge in [0.2, 0.25) is 0 Å². The molecule has 22 heavy (non-hydrogen) atoms. The molecule has 1 aromatic carbocycles. The molecule has 1 saturated heterocycles. The summed E-state index contributed by atoms with van der Waals surface area (Å²) in [5, 5.41) is 0.